The Balaban J connectivity index is 2.05. The maximum atomic E-state index is 14.5. The molecule has 1 fully saturated rings. The van der Waals surface area contributed by atoms with Crippen LogP contribution in [0.3, 0.4) is 0 Å². The molecule has 3 rings (SSSR count). The van der Waals surface area contributed by atoms with Crippen LogP contribution in [0.25, 0.3) is 0 Å². The van der Waals surface area contributed by atoms with Gasteiger partial charge in [0.05, 0.1) is 19.0 Å². The number of likely N-dealkylation sites (tertiary alicyclic amines) is 1. The minimum absolute atomic E-state index is 0.0353. The topological polar surface area (TPSA) is 400 Å². The maximum absolute atomic E-state index is 14.5. The van der Waals surface area contributed by atoms with Crippen molar-refractivity contribution in [3.8, 4) is 5.75 Å². The molecule has 0 bridgehead atoms. The van der Waals surface area contributed by atoms with Crippen molar-refractivity contribution in [3.63, 3.8) is 0 Å². The number of allylic oxidation sites excluding steroid dienone is 2. The number of carbonyl (C=O) groups is 11. The fraction of sp³-hybridized carbons (Fsp3) is 0.596. The number of rotatable bonds is 17. The summed E-state index contributed by atoms with van der Waals surface area (Å²) in [6.07, 6.45) is 3.21. The van der Waals surface area contributed by atoms with E-state index in [1.807, 2.05) is 13.8 Å². The van der Waals surface area contributed by atoms with Crippen LogP contribution in [0.1, 0.15) is 104 Å². The lowest BCUT2D eigenvalue weighted by Gasteiger charge is -2.31. The number of nitrogens with two attached hydrogens (primary N) is 4. The van der Waals surface area contributed by atoms with Gasteiger partial charge < -0.3 is 70.2 Å². The highest BCUT2D eigenvalue weighted by molar-refractivity contribution is 5.99. The van der Waals surface area contributed by atoms with Gasteiger partial charge in [-0.25, -0.2) is 0 Å². The number of nitrogens with zero attached hydrogens (tertiary/aromatic N) is 1. The third-order valence-corrected chi connectivity index (χ3v) is 12.2. The van der Waals surface area contributed by atoms with Crippen LogP contribution in [-0.2, 0) is 59.2 Å². The molecule has 392 valence electrons. The van der Waals surface area contributed by atoms with Crippen LogP contribution < -0.4 is 60.2 Å². The largest absolute Gasteiger partial charge is 0.508 e. The lowest BCUT2D eigenvalue weighted by molar-refractivity contribution is -0.143. The summed E-state index contributed by atoms with van der Waals surface area (Å²) in [5.74, 6) is -9.81. The van der Waals surface area contributed by atoms with E-state index in [-0.39, 0.29) is 63.2 Å². The van der Waals surface area contributed by atoms with Crippen molar-refractivity contribution in [3.05, 3.63) is 42.0 Å². The van der Waals surface area contributed by atoms with Gasteiger partial charge in [-0.05, 0) is 80.9 Å². The zero-order valence-electron chi connectivity index (χ0n) is 40.8. The molecule has 71 heavy (non-hydrogen) atoms. The molecule has 2 aliphatic rings. The van der Waals surface area contributed by atoms with Gasteiger partial charge in [0.15, 0.2) is 0 Å². The molecule has 1 aromatic carbocycles. The molecule has 1 aromatic rings. The fourth-order valence-corrected chi connectivity index (χ4v) is 8.02. The van der Waals surface area contributed by atoms with Crippen molar-refractivity contribution < 1.29 is 57.8 Å². The maximum Gasteiger partial charge on any atom is 0.245 e. The number of phenols is 1. The number of aromatic hydroxyl groups is 1. The summed E-state index contributed by atoms with van der Waals surface area (Å²) < 4.78 is 0. The number of nitrogens with one attached hydrogen (secondary N) is 7. The zero-order valence-corrected chi connectivity index (χ0v) is 40.8. The predicted molar refractivity (Wildman–Crippen MR) is 257 cm³/mol. The number of primary amides is 3. The molecule has 1 saturated heterocycles. The molecule has 16 N–H and O–H groups in total. The van der Waals surface area contributed by atoms with E-state index < -0.39 is 145 Å². The van der Waals surface area contributed by atoms with E-state index in [4.69, 9.17) is 22.9 Å². The van der Waals surface area contributed by atoms with Crippen molar-refractivity contribution in [2.24, 2.45) is 34.8 Å². The van der Waals surface area contributed by atoms with Gasteiger partial charge in [-0.2, -0.15) is 0 Å². The molecule has 9 atom stereocenters. The summed E-state index contributed by atoms with van der Waals surface area (Å²) in [4.78, 5) is 148. The van der Waals surface area contributed by atoms with Crippen LogP contribution in [0.4, 0.5) is 0 Å². The van der Waals surface area contributed by atoms with Crippen molar-refractivity contribution in [2.75, 3.05) is 13.1 Å². The first-order chi connectivity index (χ1) is 33.5. The van der Waals surface area contributed by atoms with E-state index >= 15 is 0 Å². The summed E-state index contributed by atoms with van der Waals surface area (Å²) in [6, 6.07) is -4.69. The van der Waals surface area contributed by atoms with Crippen LogP contribution in [0.2, 0.25) is 0 Å². The van der Waals surface area contributed by atoms with Gasteiger partial charge in [0, 0.05) is 19.4 Å². The van der Waals surface area contributed by atoms with Crippen molar-refractivity contribution in [1.29, 1.82) is 0 Å². The predicted octanol–water partition coefficient (Wildman–Crippen LogP) is -2.87. The van der Waals surface area contributed by atoms with Gasteiger partial charge in [-0.15, -0.1) is 0 Å². The van der Waals surface area contributed by atoms with Crippen LogP contribution in [-0.4, -0.2) is 136 Å². The number of carbonyl (C=O) groups excluding carboxylic acids is 11. The first kappa shape index (κ1) is 58.2. The Labute approximate surface area is 412 Å². The number of hydrogen-bond donors (Lipinski definition) is 12. The standard InChI is InChI=1S/C47H72N12O12/c1-5-26(4)39-46(70)53-30(18-19-36(49)61)42(66)56-34(23-37(50)62)43(67)54-31(47(71)59-20-10-13-35(59)45(69)57-32(21-25(2)3)41(65)52-24-38(51)63)12-9-7-6-8-11-29(48)40(64)55-33(44(68)58-39)22-27-14-16-28(60)17-15-27/h6-7,14-17,25-26,29-35,39,60H,5,8-13,18-24,48H2,1-4H3,(H2,49,61)(H2,50,62)(H2,51,63)(H,52,65)(H,53,70)(H,54,67)(H,55,64)(H,56,66)(H,57,69)(H,58,68)/b7-6+/t26-,29+,30+,31+,32+,33+,34+,35+,39+/m1/s1. The number of phenolic OH excluding ortho intramolecular Hbond substituents is 1. The Morgan fingerprint density at radius 3 is 1.96 bits per heavy atom. The van der Waals surface area contributed by atoms with Crippen molar-refractivity contribution >= 4 is 65.0 Å². The third kappa shape index (κ3) is 19.3. The average molecular weight is 997 g/mol. The molecule has 2 heterocycles. The molecule has 0 aliphatic carbocycles. The minimum atomic E-state index is -1.74. The highest BCUT2D eigenvalue weighted by Crippen LogP contribution is 2.21. The Bertz CT molecular complexity index is 2120. The summed E-state index contributed by atoms with van der Waals surface area (Å²) in [7, 11) is 0. The smallest absolute Gasteiger partial charge is 0.245 e. The van der Waals surface area contributed by atoms with E-state index in [1.54, 1.807) is 38.1 Å². The second-order valence-electron chi connectivity index (χ2n) is 18.5. The van der Waals surface area contributed by atoms with Crippen molar-refractivity contribution in [1.82, 2.24) is 42.1 Å². The molecule has 24 heteroatoms. The molecule has 0 aromatic heterocycles. The number of hydrogen-bond acceptors (Lipinski definition) is 13. The molecule has 0 saturated carbocycles. The van der Waals surface area contributed by atoms with Crippen molar-refractivity contribution in [2.45, 2.75) is 153 Å². The van der Waals surface area contributed by atoms with Gasteiger partial charge in [-0.1, -0.05) is 58.4 Å². The normalized spacial score (nSPS) is 24.5. The number of benzene rings is 1. The van der Waals surface area contributed by atoms with Crippen LogP contribution in [0.5, 0.6) is 5.75 Å². The SMILES string of the molecule is CC[C@@H](C)[C@@H]1NC(=O)[C@H](Cc2ccc(O)cc2)NC(=O)[C@@H](N)CC/C=C/CC[C@@H](C(=O)N2CCC[C@H]2C(=O)N[C@@H](CC(C)C)C(=O)NCC(N)=O)NC(=O)[C@H](CC(N)=O)NC(=O)[C@H](CCC(N)=O)NC1=O. The first-order valence-electron chi connectivity index (χ1n) is 23.9. The van der Waals surface area contributed by atoms with Gasteiger partial charge in [0.1, 0.15) is 48.0 Å². The quantitative estimate of drug-likeness (QED) is 0.0700. The van der Waals surface area contributed by atoms with E-state index in [1.165, 1.54) is 17.0 Å². The Kier molecular flexibility index (Phi) is 23.4. The summed E-state index contributed by atoms with van der Waals surface area (Å²) in [6.45, 7) is 6.67. The lowest BCUT2D eigenvalue weighted by atomic mass is 9.96. The van der Waals surface area contributed by atoms with Gasteiger partial charge >= 0.3 is 0 Å². The molecular formula is C47H72N12O12. The molecule has 0 radical (unpaired) electrons. The minimum Gasteiger partial charge on any atom is -0.508 e. The third-order valence-electron chi connectivity index (χ3n) is 12.2. The molecule has 0 spiro atoms. The van der Waals surface area contributed by atoms with Crippen LogP contribution in [0.15, 0.2) is 36.4 Å². The molecule has 24 nitrogen and oxygen atoms in total. The Morgan fingerprint density at radius 2 is 1.35 bits per heavy atom. The summed E-state index contributed by atoms with van der Waals surface area (Å²) in [5, 5.41) is 27.8. The highest BCUT2D eigenvalue weighted by Gasteiger charge is 2.40. The Morgan fingerprint density at radius 1 is 0.746 bits per heavy atom. The highest BCUT2D eigenvalue weighted by atomic mass is 16.3. The molecular weight excluding hydrogens is 925 g/mol. The van der Waals surface area contributed by atoms with E-state index in [0.717, 1.165) is 0 Å². The first-order valence-corrected chi connectivity index (χ1v) is 23.9. The summed E-state index contributed by atoms with van der Waals surface area (Å²) >= 11 is 0. The van der Waals surface area contributed by atoms with Gasteiger partial charge in [-0.3, -0.25) is 52.7 Å². The van der Waals surface area contributed by atoms with E-state index in [2.05, 4.69) is 37.2 Å². The molecule has 11 amide bonds. The second kappa shape index (κ2) is 28.5. The lowest BCUT2D eigenvalue weighted by Crippen LogP contribution is -2.61. The fourth-order valence-electron chi connectivity index (χ4n) is 8.02. The van der Waals surface area contributed by atoms with Gasteiger partial charge in [0.2, 0.25) is 65.0 Å². The number of amides is 11. The second-order valence-corrected chi connectivity index (χ2v) is 18.5. The molecule has 0 unspecified atom stereocenters. The average Bonchev–Trinajstić information content (AvgIpc) is 3.81. The summed E-state index contributed by atoms with van der Waals surface area (Å²) in [5.41, 5.74) is 23.0. The van der Waals surface area contributed by atoms with Crippen LogP contribution >= 0.6 is 0 Å². The van der Waals surface area contributed by atoms with E-state index in [0.29, 0.717) is 18.4 Å². The van der Waals surface area contributed by atoms with Gasteiger partial charge in [0.25, 0.3) is 0 Å². The van der Waals surface area contributed by atoms with Crippen LogP contribution in [0, 0.1) is 11.8 Å². The zero-order chi connectivity index (χ0) is 52.9. The van der Waals surface area contributed by atoms with E-state index in [9.17, 15) is 57.8 Å². The Hall–Kier alpha value is -7.11. The molecule has 2 aliphatic heterocycles. The monoisotopic (exact) mass is 997 g/mol.